The van der Waals surface area contributed by atoms with Crippen molar-refractivity contribution in [3.05, 3.63) is 95.6 Å². The number of hydrogen-bond acceptors (Lipinski definition) is 0. The Morgan fingerprint density at radius 3 is 2.16 bits per heavy atom. The third kappa shape index (κ3) is 3.29. The second kappa shape index (κ2) is 7.49. The lowest BCUT2D eigenvalue weighted by atomic mass is 9.88. The highest BCUT2D eigenvalue weighted by atomic mass is 19.1. The van der Waals surface area contributed by atoms with E-state index in [-0.39, 0.29) is 5.82 Å². The van der Waals surface area contributed by atoms with E-state index in [9.17, 15) is 4.39 Å². The van der Waals surface area contributed by atoms with Gasteiger partial charge in [0.1, 0.15) is 30.4 Å². The van der Waals surface area contributed by atoms with Crippen molar-refractivity contribution in [1.82, 2.24) is 4.57 Å². The molecule has 0 fully saturated rings. The Morgan fingerprint density at radius 2 is 1.52 bits per heavy atom. The van der Waals surface area contributed by atoms with Gasteiger partial charge < -0.3 is 0 Å². The van der Waals surface area contributed by atoms with Crippen molar-refractivity contribution in [3.63, 3.8) is 0 Å². The Labute approximate surface area is 183 Å². The first-order valence-corrected chi connectivity index (χ1v) is 11.1. The maximum absolute atomic E-state index is 13.8. The van der Waals surface area contributed by atoms with Crippen LogP contribution < -0.4 is 4.57 Å². The smallest absolute Gasteiger partial charge is 0.225 e. The normalized spacial score (nSPS) is 12.5. The molecule has 1 aliphatic rings. The molecule has 0 unspecified atom stereocenters. The molecule has 2 heterocycles. The van der Waals surface area contributed by atoms with E-state index < -0.39 is 0 Å². The van der Waals surface area contributed by atoms with E-state index in [2.05, 4.69) is 91.7 Å². The minimum atomic E-state index is -0.172. The van der Waals surface area contributed by atoms with Crippen molar-refractivity contribution < 1.29 is 8.96 Å². The van der Waals surface area contributed by atoms with Gasteiger partial charge in [-0.25, -0.2) is 8.96 Å². The van der Waals surface area contributed by atoms with E-state index in [1.54, 1.807) is 12.1 Å². The second-order valence-electron chi connectivity index (χ2n) is 9.10. The van der Waals surface area contributed by atoms with Crippen molar-refractivity contribution in [3.8, 4) is 28.2 Å². The summed E-state index contributed by atoms with van der Waals surface area (Å²) in [6, 6.07) is 20.5. The standard InChI is InChI=1S/C28H28FN2/c1-18(2)25-15-21(20-8-6-5-7-9-20)16-26(19(3)4)27(25)31-13-12-30-17-22-14-23(29)10-11-24(22)28(30)31/h5-16,18-19H,17H2,1-4H3/q+1. The SMILES string of the molecule is CC(C)c1cc(-c2ccccc2)cc(C(C)C)c1-n1cc[n+]2c1-c1ccc(F)cc1C2. The molecule has 0 saturated heterocycles. The highest BCUT2D eigenvalue weighted by molar-refractivity contribution is 5.71. The summed E-state index contributed by atoms with van der Waals surface area (Å²) in [7, 11) is 0. The molecule has 156 valence electrons. The molecular weight excluding hydrogens is 383 g/mol. The van der Waals surface area contributed by atoms with Crippen LogP contribution >= 0.6 is 0 Å². The summed E-state index contributed by atoms with van der Waals surface area (Å²) >= 11 is 0. The fourth-order valence-corrected chi connectivity index (χ4v) is 4.75. The molecule has 1 aliphatic heterocycles. The average molecular weight is 412 g/mol. The molecule has 31 heavy (non-hydrogen) atoms. The van der Waals surface area contributed by atoms with Gasteiger partial charge in [-0.2, -0.15) is 4.57 Å². The summed E-state index contributed by atoms with van der Waals surface area (Å²) in [5, 5.41) is 0. The van der Waals surface area contributed by atoms with Crippen LogP contribution in [0.4, 0.5) is 4.39 Å². The van der Waals surface area contributed by atoms with E-state index in [0.29, 0.717) is 18.4 Å². The Hall–Kier alpha value is -3.20. The molecule has 0 atom stereocenters. The van der Waals surface area contributed by atoms with Gasteiger partial charge in [-0.1, -0.05) is 58.0 Å². The zero-order chi connectivity index (χ0) is 21.7. The zero-order valence-corrected chi connectivity index (χ0v) is 18.6. The van der Waals surface area contributed by atoms with Gasteiger partial charge >= 0.3 is 0 Å². The number of fused-ring (bicyclic) bond motifs is 3. The molecule has 3 heteroatoms. The molecule has 4 aromatic rings. The Kier molecular flexibility index (Phi) is 4.77. The van der Waals surface area contributed by atoms with Gasteiger partial charge in [0.15, 0.2) is 0 Å². The van der Waals surface area contributed by atoms with Crippen LogP contribution in [0, 0.1) is 5.82 Å². The Bertz CT molecular complexity index is 1240. The molecular formula is C28H28FN2+. The largest absolute Gasteiger partial charge is 0.294 e. The number of nitrogens with zero attached hydrogens (tertiary/aromatic N) is 2. The van der Waals surface area contributed by atoms with Gasteiger partial charge in [0.05, 0.1) is 5.56 Å². The van der Waals surface area contributed by atoms with Gasteiger partial charge in [-0.3, -0.25) is 0 Å². The lowest BCUT2D eigenvalue weighted by molar-refractivity contribution is -0.671. The highest BCUT2D eigenvalue weighted by Crippen LogP contribution is 2.39. The highest BCUT2D eigenvalue weighted by Gasteiger charge is 2.33. The summed E-state index contributed by atoms with van der Waals surface area (Å²) in [4.78, 5) is 0. The quantitative estimate of drug-likeness (QED) is 0.286. The van der Waals surface area contributed by atoms with Gasteiger partial charge in [0.25, 0.3) is 5.82 Å². The van der Waals surface area contributed by atoms with Crippen molar-refractivity contribution in [2.75, 3.05) is 0 Å². The fourth-order valence-electron chi connectivity index (χ4n) is 4.75. The van der Waals surface area contributed by atoms with Crippen LogP contribution in [0.1, 0.15) is 56.2 Å². The summed E-state index contributed by atoms with van der Waals surface area (Å²) in [5.74, 6) is 1.70. The molecule has 0 N–H and O–H groups in total. The number of aromatic nitrogens is 2. The van der Waals surface area contributed by atoms with Crippen LogP contribution in [0.5, 0.6) is 0 Å². The molecule has 0 bridgehead atoms. The number of benzene rings is 3. The average Bonchev–Trinajstić information content (AvgIpc) is 3.32. The number of hydrogen-bond donors (Lipinski definition) is 0. The van der Waals surface area contributed by atoms with Gasteiger partial charge in [0.2, 0.25) is 0 Å². The predicted octanol–water partition coefficient (Wildman–Crippen LogP) is 6.85. The molecule has 0 spiro atoms. The maximum Gasteiger partial charge on any atom is 0.294 e. The van der Waals surface area contributed by atoms with Gasteiger partial charge in [-0.15, -0.1) is 0 Å². The molecule has 5 rings (SSSR count). The molecule has 0 radical (unpaired) electrons. The van der Waals surface area contributed by atoms with E-state index in [1.165, 1.54) is 27.9 Å². The third-order valence-corrected chi connectivity index (χ3v) is 6.31. The monoisotopic (exact) mass is 411 g/mol. The lowest BCUT2D eigenvalue weighted by Gasteiger charge is -2.20. The summed E-state index contributed by atoms with van der Waals surface area (Å²) in [6.07, 6.45) is 4.28. The molecule has 1 aromatic heterocycles. The Morgan fingerprint density at radius 1 is 0.839 bits per heavy atom. The Balaban J connectivity index is 1.77. The molecule has 0 amide bonds. The van der Waals surface area contributed by atoms with Crippen LogP contribution in [0.3, 0.4) is 0 Å². The van der Waals surface area contributed by atoms with Crippen LogP contribution in [0.2, 0.25) is 0 Å². The fraction of sp³-hybridized carbons (Fsp3) is 0.250. The van der Waals surface area contributed by atoms with Crippen LogP contribution in [0.15, 0.2) is 73.1 Å². The summed E-state index contributed by atoms with van der Waals surface area (Å²) < 4.78 is 18.4. The van der Waals surface area contributed by atoms with Crippen molar-refractivity contribution >= 4 is 0 Å². The van der Waals surface area contributed by atoms with E-state index in [4.69, 9.17) is 0 Å². The molecule has 0 aliphatic carbocycles. The summed E-state index contributed by atoms with van der Waals surface area (Å²) in [6.45, 7) is 9.76. The first-order valence-electron chi connectivity index (χ1n) is 11.1. The molecule has 0 saturated carbocycles. The minimum Gasteiger partial charge on any atom is -0.225 e. The van der Waals surface area contributed by atoms with Crippen LogP contribution in [-0.2, 0) is 6.54 Å². The third-order valence-electron chi connectivity index (χ3n) is 6.31. The predicted molar refractivity (Wildman–Crippen MR) is 124 cm³/mol. The van der Waals surface area contributed by atoms with E-state index >= 15 is 0 Å². The van der Waals surface area contributed by atoms with Gasteiger partial charge in [-0.05, 0) is 53.3 Å². The van der Waals surface area contributed by atoms with E-state index in [0.717, 1.165) is 17.0 Å². The van der Waals surface area contributed by atoms with Gasteiger partial charge in [0, 0.05) is 16.7 Å². The van der Waals surface area contributed by atoms with Crippen molar-refractivity contribution in [2.45, 2.75) is 46.1 Å². The van der Waals surface area contributed by atoms with Crippen LogP contribution in [0.25, 0.3) is 28.2 Å². The zero-order valence-electron chi connectivity index (χ0n) is 18.6. The topological polar surface area (TPSA) is 8.81 Å². The lowest BCUT2D eigenvalue weighted by Crippen LogP contribution is -2.30. The minimum absolute atomic E-state index is 0.172. The number of imidazole rings is 1. The molecule has 2 nitrogen and oxygen atoms in total. The number of rotatable bonds is 4. The van der Waals surface area contributed by atoms with Crippen molar-refractivity contribution in [2.24, 2.45) is 0 Å². The summed E-state index contributed by atoms with van der Waals surface area (Å²) in [5.41, 5.74) is 8.58. The van der Waals surface area contributed by atoms with Crippen molar-refractivity contribution in [1.29, 1.82) is 0 Å². The van der Waals surface area contributed by atoms with Crippen LogP contribution in [-0.4, -0.2) is 4.57 Å². The second-order valence-corrected chi connectivity index (χ2v) is 9.10. The maximum atomic E-state index is 13.8. The van der Waals surface area contributed by atoms with E-state index in [1.807, 2.05) is 6.07 Å². The number of halogens is 1. The molecule has 3 aromatic carbocycles. The first-order chi connectivity index (χ1) is 14.9. The first kappa shape index (κ1) is 19.7.